The fourth-order valence-electron chi connectivity index (χ4n) is 0.928. The number of aliphatic hydroxyl groups excluding tert-OH is 1. The molecule has 0 radical (unpaired) electrons. The Morgan fingerprint density at radius 3 is 2.62 bits per heavy atom. The van der Waals surface area contributed by atoms with Crippen LogP contribution in [0.4, 0.5) is 4.39 Å². The summed E-state index contributed by atoms with van der Waals surface area (Å²) in [5, 5.41) is 19.2. The Balaban J connectivity index is 2.71. The second-order valence-corrected chi connectivity index (χ2v) is 2.91. The predicted molar refractivity (Wildman–Crippen MR) is 50.2 cm³/mol. The van der Waals surface area contributed by atoms with E-state index in [1.165, 1.54) is 0 Å². The van der Waals surface area contributed by atoms with Gasteiger partial charge in [0.05, 0.1) is 12.8 Å². The van der Waals surface area contributed by atoms with Gasteiger partial charge in [-0.3, -0.25) is 4.79 Å². The van der Waals surface area contributed by atoms with Gasteiger partial charge in [0.25, 0.3) is 5.91 Å². The van der Waals surface area contributed by atoms with Crippen molar-refractivity contribution in [3.8, 4) is 0 Å². The average Bonchev–Trinajstić information content (AvgIpc) is 2.26. The zero-order chi connectivity index (χ0) is 12.1. The molecule has 3 N–H and O–H groups in total. The third-order valence-electron chi connectivity index (χ3n) is 1.75. The molecule has 0 saturated heterocycles. The molecular weight excluding hydrogens is 219 g/mol. The van der Waals surface area contributed by atoms with Gasteiger partial charge in [0.15, 0.2) is 6.04 Å². The Labute approximate surface area is 89.7 Å². The fourth-order valence-corrected chi connectivity index (χ4v) is 0.928. The van der Waals surface area contributed by atoms with Gasteiger partial charge in [-0.05, 0) is 12.1 Å². The monoisotopic (exact) mass is 228 g/mol. The highest BCUT2D eigenvalue weighted by atomic mass is 19.1. The Bertz CT molecular complexity index is 393. The normalized spacial score (nSPS) is 11.9. The van der Waals surface area contributed by atoms with Crippen LogP contribution < -0.4 is 5.32 Å². The molecule has 0 spiro atoms. The second-order valence-electron chi connectivity index (χ2n) is 2.91. The summed E-state index contributed by atoms with van der Waals surface area (Å²) in [4.78, 5) is 25.3. The molecule has 0 fully saturated rings. The number of hydrogen-bond donors (Lipinski definition) is 3. The lowest BCUT2D eigenvalue weighted by Crippen LogP contribution is -2.43. The largest absolute Gasteiger partial charge is 0.480 e. The molecule has 1 amide bonds. The maximum Gasteiger partial charge on any atom is 0.328 e. The number of pyridine rings is 1. The van der Waals surface area contributed by atoms with Gasteiger partial charge in [-0.1, -0.05) is 0 Å². The van der Waals surface area contributed by atoms with E-state index < -0.39 is 30.3 Å². The highest BCUT2D eigenvalue weighted by molar-refractivity contribution is 5.94. The van der Waals surface area contributed by atoms with Crippen LogP contribution >= 0.6 is 0 Å². The van der Waals surface area contributed by atoms with E-state index in [2.05, 4.69) is 4.98 Å². The van der Waals surface area contributed by atoms with Crippen LogP contribution in [0.5, 0.6) is 0 Å². The molecule has 0 aliphatic rings. The van der Waals surface area contributed by atoms with E-state index in [0.29, 0.717) is 0 Å². The summed E-state index contributed by atoms with van der Waals surface area (Å²) in [7, 11) is 0. The van der Waals surface area contributed by atoms with Gasteiger partial charge in [0.1, 0.15) is 11.5 Å². The fraction of sp³-hybridized carbons (Fsp3) is 0.222. The number of aliphatic carboxylic acids is 1. The van der Waals surface area contributed by atoms with Crippen LogP contribution in [0.3, 0.4) is 0 Å². The van der Waals surface area contributed by atoms with E-state index in [1.54, 1.807) is 0 Å². The first kappa shape index (κ1) is 12.1. The van der Waals surface area contributed by atoms with Gasteiger partial charge < -0.3 is 15.5 Å². The summed E-state index contributed by atoms with van der Waals surface area (Å²) >= 11 is 0. The van der Waals surface area contributed by atoms with Crippen molar-refractivity contribution in [1.29, 1.82) is 0 Å². The van der Waals surface area contributed by atoms with Crippen molar-refractivity contribution in [2.24, 2.45) is 0 Å². The lowest BCUT2D eigenvalue weighted by molar-refractivity contribution is -0.140. The highest BCUT2D eigenvalue weighted by Gasteiger charge is 2.19. The number of carbonyl (C=O) groups is 2. The number of aliphatic hydroxyl groups is 1. The number of rotatable bonds is 4. The lowest BCUT2D eigenvalue weighted by Gasteiger charge is -2.10. The van der Waals surface area contributed by atoms with Crippen molar-refractivity contribution < 1.29 is 24.2 Å². The minimum absolute atomic E-state index is 0.124. The number of carboxylic acid groups (broad SMARTS) is 1. The molecule has 16 heavy (non-hydrogen) atoms. The van der Waals surface area contributed by atoms with E-state index in [4.69, 9.17) is 10.2 Å². The zero-order valence-electron chi connectivity index (χ0n) is 8.05. The molecule has 7 heteroatoms. The molecule has 0 bridgehead atoms. The van der Waals surface area contributed by atoms with Gasteiger partial charge in [-0.15, -0.1) is 0 Å². The minimum Gasteiger partial charge on any atom is -0.480 e. The molecule has 1 atom stereocenters. The molecule has 0 saturated carbocycles. The number of halogens is 1. The predicted octanol–water partition coefficient (Wildman–Crippen LogP) is -0.604. The van der Waals surface area contributed by atoms with Crippen molar-refractivity contribution in [3.05, 3.63) is 29.8 Å². The third-order valence-corrected chi connectivity index (χ3v) is 1.75. The zero-order valence-corrected chi connectivity index (χ0v) is 8.05. The van der Waals surface area contributed by atoms with Gasteiger partial charge in [-0.25, -0.2) is 14.2 Å². The minimum atomic E-state index is -1.40. The summed E-state index contributed by atoms with van der Waals surface area (Å²) in [6.45, 7) is -0.734. The topological polar surface area (TPSA) is 99.5 Å². The van der Waals surface area contributed by atoms with Gasteiger partial charge in [0, 0.05) is 0 Å². The smallest absolute Gasteiger partial charge is 0.328 e. The molecule has 6 nitrogen and oxygen atoms in total. The van der Waals surface area contributed by atoms with Crippen LogP contribution in [-0.2, 0) is 4.79 Å². The number of aromatic nitrogens is 1. The molecular formula is C9H9FN2O4. The second kappa shape index (κ2) is 5.17. The van der Waals surface area contributed by atoms with Crippen molar-refractivity contribution in [2.45, 2.75) is 6.04 Å². The van der Waals surface area contributed by atoms with Crippen LogP contribution in [-0.4, -0.2) is 39.7 Å². The summed E-state index contributed by atoms with van der Waals surface area (Å²) in [5.74, 6) is -2.76. The Morgan fingerprint density at radius 1 is 1.50 bits per heavy atom. The van der Waals surface area contributed by atoms with Crippen molar-refractivity contribution in [1.82, 2.24) is 10.3 Å². The first-order chi connectivity index (χ1) is 7.54. The number of amides is 1. The number of carboxylic acids is 1. The first-order valence-corrected chi connectivity index (χ1v) is 4.30. The Morgan fingerprint density at radius 2 is 2.19 bits per heavy atom. The van der Waals surface area contributed by atoms with E-state index in [0.717, 1.165) is 18.3 Å². The number of carbonyl (C=O) groups excluding carboxylic acids is 1. The number of nitrogens with one attached hydrogen (secondary N) is 1. The quantitative estimate of drug-likeness (QED) is 0.638. The third kappa shape index (κ3) is 2.99. The van der Waals surface area contributed by atoms with Gasteiger partial charge >= 0.3 is 5.97 Å². The molecule has 0 aliphatic carbocycles. The Kier molecular flexibility index (Phi) is 3.90. The summed E-state index contributed by atoms with van der Waals surface area (Å²) in [6.07, 6.45) is 0.837. The summed E-state index contributed by atoms with van der Waals surface area (Å²) < 4.78 is 12.5. The van der Waals surface area contributed by atoms with Gasteiger partial charge in [-0.2, -0.15) is 0 Å². The standard InChI is InChI=1S/C9H9FN2O4/c10-5-1-2-6(11-3-5)8(14)12-7(4-13)9(15)16/h1-3,7,13H,4H2,(H,12,14)(H,15,16). The van der Waals surface area contributed by atoms with Crippen LogP contribution in [0.2, 0.25) is 0 Å². The maximum absolute atomic E-state index is 12.5. The van der Waals surface area contributed by atoms with Crippen molar-refractivity contribution in [3.63, 3.8) is 0 Å². The van der Waals surface area contributed by atoms with Crippen LogP contribution in [0.25, 0.3) is 0 Å². The SMILES string of the molecule is O=C(NC(CO)C(=O)O)c1ccc(F)cn1. The number of nitrogens with zero attached hydrogens (tertiary/aromatic N) is 1. The molecule has 1 heterocycles. The molecule has 1 aromatic heterocycles. The van der Waals surface area contributed by atoms with E-state index in [1.807, 2.05) is 5.32 Å². The lowest BCUT2D eigenvalue weighted by atomic mass is 10.3. The Hall–Kier alpha value is -2.02. The average molecular weight is 228 g/mol. The van der Waals surface area contributed by atoms with Crippen molar-refractivity contribution in [2.75, 3.05) is 6.61 Å². The first-order valence-electron chi connectivity index (χ1n) is 4.30. The van der Waals surface area contributed by atoms with Crippen LogP contribution in [0, 0.1) is 5.82 Å². The molecule has 0 aromatic carbocycles. The van der Waals surface area contributed by atoms with Gasteiger partial charge in [0.2, 0.25) is 0 Å². The van der Waals surface area contributed by atoms with Crippen molar-refractivity contribution >= 4 is 11.9 Å². The van der Waals surface area contributed by atoms with E-state index in [-0.39, 0.29) is 5.69 Å². The summed E-state index contributed by atoms with van der Waals surface area (Å²) in [6, 6.07) is 0.733. The molecule has 86 valence electrons. The highest BCUT2D eigenvalue weighted by Crippen LogP contribution is 1.98. The van der Waals surface area contributed by atoms with E-state index in [9.17, 15) is 14.0 Å². The van der Waals surface area contributed by atoms with Crippen LogP contribution in [0.1, 0.15) is 10.5 Å². The molecule has 1 unspecified atom stereocenters. The summed E-state index contributed by atoms with van der Waals surface area (Å²) in [5.41, 5.74) is -0.124. The maximum atomic E-state index is 12.5. The van der Waals surface area contributed by atoms with Crippen LogP contribution in [0.15, 0.2) is 18.3 Å². The molecule has 0 aliphatic heterocycles. The van der Waals surface area contributed by atoms with E-state index >= 15 is 0 Å². The molecule has 1 aromatic rings. The number of hydrogen-bond acceptors (Lipinski definition) is 4. The molecule has 1 rings (SSSR count).